The lowest BCUT2D eigenvalue weighted by atomic mass is 9.73. The number of pyridine rings is 1. The molecule has 6 heteroatoms. The number of aryl methyl sites for hydroxylation is 1. The van der Waals surface area contributed by atoms with Crippen LogP contribution in [-0.2, 0) is 15.1 Å². The van der Waals surface area contributed by atoms with Gasteiger partial charge in [0.1, 0.15) is 5.82 Å². The fourth-order valence-corrected chi connectivity index (χ4v) is 6.15. The van der Waals surface area contributed by atoms with Crippen molar-refractivity contribution >= 4 is 28.8 Å². The fourth-order valence-electron chi connectivity index (χ4n) is 6.15. The second-order valence-electron chi connectivity index (χ2n) is 9.93. The Bertz CT molecular complexity index is 1220. The number of amides is 1. The molecular formula is C29H36N4O2. The Morgan fingerprint density at radius 3 is 2.71 bits per heavy atom. The molecule has 1 atom stereocenters. The highest BCUT2D eigenvalue weighted by Crippen LogP contribution is 2.46. The summed E-state index contributed by atoms with van der Waals surface area (Å²) >= 11 is 0. The molecule has 2 aliphatic rings. The van der Waals surface area contributed by atoms with Crippen molar-refractivity contribution in [1.82, 2.24) is 9.88 Å². The maximum Gasteiger partial charge on any atom is 0.210 e. The van der Waals surface area contributed by atoms with Crippen LogP contribution in [0.3, 0.4) is 0 Å². The van der Waals surface area contributed by atoms with Crippen molar-refractivity contribution in [1.29, 1.82) is 0 Å². The summed E-state index contributed by atoms with van der Waals surface area (Å²) in [5.41, 5.74) is 12.9. The van der Waals surface area contributed by atoms with Crippen LogP contribution in [0.5, 0.6) is 0 Å². The molecule has 2 aromatic carbocycles. The summed E-state index contributed by atoms with van der Waals surface area (Å²) in [6.07, 6.45) is 6.28. The van der Waals surface area contributed by atoms with Crippen LogP contribution >= 0.6 is 0 Å². The third-order valence-electron chi connectivity index (χ3n) is 7.82. The number of benzene rings is 2. The van der Waals surface area contributed by atoms with Crippen LogP contribution in [0.1, 0.15) is 50.2 Å². The predicted molar refractivity (Wildman–Crippen MR) is 143 cm³/mol. The minimum absolute atomic E-state index is 0.261. The first-order valence-corrected chi connectivity index (χ1v) is 12.9. The molecule has 1 aromatic heterocycles. The molecule has 0 bridgehead atoms. The van der Waals surface area contributed by atoms with Gasteiger partial charge in [-0.05, 0) is 73.1 Å². The van der Waals surface area contributed by atoms with Gasteiger partial charge >= 0.3 is 0 Å². The fraction of sp³-hybridized carbons (Fsp3) is 0.448. The number of fused-ring (bicyclic) bond motifs is 1. The van der Waals surface area contributed by atoms with E-state index in [2.05, 4.69) is 66.1 Å². The van der Waals surface area contributed by atoms with E-state index in [9.17, 15) is 4.79 Å². The maximum absolute atomic E-state index is 12.2. The average molecular weight is 473 g/mol. The summed E-state index contributed by atoms with van der Waals surface area (Å²) in [5.74, 6) is 0.564. The highest BCUT2D eigenvalue weighted by Gasteiger charge is 2.41. The van der Waals surface area contributed by atoms with Gasteiger partial charge in [0.15, 0.2) is 0 Å². The third-order valence-corrected chi connectivity index (χ3v) is 7.82. The molecule has 1 amide bonds. The molecule has 0 spiro atoms. The van der Waals surface area contributed by atoms with Gasteiger partial charge < -0.3 is 20.3 Å². The molecule has 2 N–H and O–H groups in total. The van der Waals surface area contributed by atoms with Gasteiger partial charge in [-0.3, -0.25) is 4.79 Å². The number of aromatic nitrogens is 1. The number of nitrogens with zero attached hydrogens (tertiary/aromatic N) is 3. The number of hydrogen-bond donors (Lipinski definition) is 1. The molecule has 35 heavy (non-hydrogen) atoms. The number of likely N-dealkylation sites (tertiary alicyclic amines) is 1. The van der Waals surface area contributed by atoms with Gasteiger partial charge in [-0.2, -0.15) is 0 Å². The van der Waals surface area contributed by atoms with Crippen molar-refractivity contribution in [2.75, 3.05) is 43.5 Å². The molecule has 3 aromatic rings. The van der Waals surface area contributed by atoms with Crippen molar-refractivity contribution < 1.29 is 9.53 Å². The summed E-state index contributed by atoms with van der Waals surface area (Å²) in [4.78, 5) is 21.3. The zero-order chi connectivity index (χ0) is 24.4. The van der Waals surface area contributed by atoms with E-state index in [1.54, 1.807) is 0 Å². The van der Waals surface area contributed by atoms with Crippen LogP contribution in [-0.4, -0.2) is 49.1 Å². The summed E-state index contributed by atoms with van der Waals surface area (Å²) in [5, 5.41) is 1.08. The number of nitrogen functional groups attached to an aromatic ring is 1. The summed E-state index contributed by atoms with van der Waals surface area (Å²) in [7, 11) is 0. The van der Waals surface area contributed by atoms with Crippen molar-refractivity contribution in [2.24, 2.45) is 0 Å². The molecule has 0 saturated carbocycles. The van der Waals surface area contributed by atoms with E-state index in [0.29, 0.717) is 19.0 Å². The van der Waals surface area contributed by atoms with Crippen molar-refractivity contribution in [2.45, 2.75) is 51.5 Å². The summed E-state index contributed by atoms with van der Waals surface area (Å²) in [6, 6.07) is 15.2. The van der Waals surface area contributed by atoms with Gasteiger partial charge in [-0.25, -0.2) is 4.98 Å². The van der Waals surface area contributed by atoms with E-state index in [1.807, 2.05) is 0 Å². The van der Waals surface area contributed by atoms with Crippen LogP contribution in [0, 0.1) is 6.92 Å². The molecule has 5 rings (SSSR count). The number of carbonyl (C=O) groups excluding carboxylic acids is 1. The third kappa shape index (κ3) is 4.25. The Labute approximate surface area is 208 Å². The van der Waals surface area contributed by atoms with Crippen LogP contribution in [0.25, 0.3) is 22.0 Å². The highest BCUT2D eigenvalue weighted by atomic mass is 16.5. The number of carbonyl (C=O) groups is 1. The Balaban J connectivity index is 1.65. The average Bonchev–Trinajstić information content (AvgIpc) is 2.89. The highest BCUT2D eigenvalue weighted by molar-refractivity contribution is 5.91. The van der Waals surface area contributed by atoms with Crippen molar-refractivity contribution in [3.8, 4) is 11.1 Å². The van der Waals surface area contributed by atoms with Gasteiger partial charge in [0, 0.05) is 25.0 Å². The first kappa shape index (κ1) is 23.6. The second-order valence-corrected chi connectivity index (χ2v) is 9.93. The molecular weight excluding hydrogens is 436 g/mol. The lowest BCUT2D eigenvalue weighted by Crippen LogP contribution is -2.49. The number of anilines is 2. The standard InChI is InChI=1S/C29H36N4O2/c1-3-11-29(12-4-5-13-33(29)20-34)24-8-6-7-21(2)27(24)22-9-10-25-23(18-22)19-26(28(30)31-25)32-14-16-35-17-15-32/h6-10,18-20H,3-5,11-17H2,1-2H3,(H2,30,31). The summed E-state index contributed by atoms with van der Waals surface area (Å²) < 4.78 is 5.52. The normalized spacial score (nSPS) is 20.9. The molecule has 0 aliphatic carbocycles. The minimum Gasteiger partial charge on any atom is -0.382 e. The number of piperidine rings is 1. The lowest BCUT2D eigenvalue weighted by Gasteiger charge is -2.47. The molecule has 2 aliphatic heterocycles. The summed E-state index contributed by atoms with van der Waals surface area (Å²) in [6.45, 7) is 8.26. The molecule has 184 valence electrons. The largest absolute Gasteiger partial charge is 0.382 e. The van der Waals surface area contributed by atoms with Gasteiger partial charge in [0.25, 0.3) is 0 Å². The van der Waals surface area contributed by atoms with E-state index in [1.165, 1.54) is 16.7 Å². The predicted octanol–water partition coefficient (Wildman–Crippen LogP) is 5.27. The topological polar surface area (TPSA) is 71.7 Å². The van der Waals surface area contributed by atoms with Crippen molar-refractivity contribution in [3.05, 3.63) is 53.6 Å². The van der Waals surface area contributed by atoms with Gasteiger partial charge in [-0.15, -0.1) is 0 Å². The molecule has 6 nitrogen and oxygen atoms in total. The SMILES string of the molecule is CCCC1(c2cccc(C)c2-c2ccc3nc(N)c(N4CCOCC4)cc3c2)CCCCN1C=O. The molecule has 2 saturated heterocycles. The van der Waals surface area contributed by atoms with Gasteiger partial charge in [-0.1, -0.05) is 37.6 Å². The number of morpholine rings is 1. The zero-order valence-corrected chi connectivity index (χ0v) is 20.9. The smallest absolute Gasteiger partial charge is 0.210 e. The van der Waals surface area contributed by atoms with Crippen LogP contribution in [0.4, 0.5) is 11.5 Å². The van der Waals surface area contributed by atoms with E-state index in [0.717, 1.165) is 80.3 Å². The molecule has 3 heterocycles. The first-order valence-electron chi connectivity index (χ1n) is 12.9. The second kappa shape index (κ2) is 9.86. The van der Waals surface area contributed by atoms with E-state index < -0.39 is 0 Å². The number of nitrogens with two attached hydrogens (primary N) is 1. The number of rotatable bonds is 6. The van der Waals surface area contributed by atoms with Crippen LogP contribution < -0.4 is 10.6 Å². The van der Waals surface area contributed by atoms with Crippen LogP contribution in [0.2, 0.25) is 0 Å². The molecule has 1 unspecified atom stereocenters. The number of ether oxygens (including phenoxy) is 1. The van der Waals surface area contributed by atoms with E-state index in [-0.39, 0.29) is 5.54 Å². The maximum atomic E-state index is 12.2. The minimum atomic E-state index is -0.261. The Morgan fingerprint density at radius 1 is 1.11 bits per heavy atom. The van der Waals surface area contributed by atoms with Gasteiger partial charge in [0.05, 0.1) is 30.0 Å². The quantitative estimate of drug-likeness (QED) is 0.495. The Morgan fingerprint density at radius 2 is 1.94 bits per heavy atom. The van der Waals surface area contributed by atoms with Crippen molar-refractivity contribution in [3.63, 3.8) is 0 Å². The monoisotopic (exact) mass is 472 g/mol. The molecule has 2 fully saturated rings. The lowest BCUT2D eigenvalue weighted by molar-refractivity contribution is -0.127. The Hall–Kier alpha value is -3.12. The van der Waals surface area contributed by atoms with Gasteiger partial charge in [0.2, 0.25) is 6.41 Å². The number of hydrogen-bond acceptors (Lipinski definition) is 5. The van der Waals surface area contributed by atoms with Crippen LogP contribution in [0.15, 0.2) is 42.5 Å². The van der Waals surface area contributed by atoms with E-state index >= 15 is 0 Å². The zero-order valence-electron chi connectivity index (χ0n) is 20.9. The van der Waals surface area contributed by atoms with E-state index in [4.69, 9.17) is 15.5 Å². The molecule has 0 radical (unpaired) electrons. The first-order chi connectivity index (χ1) is 17.1. The Kier molecular flexibility index (Phi) is 6.65.